The number of nitrogens with two attached hydrogens (primary N) is 1. The van der Waals surface area contributed by atoms with Crippen LogP contribution in [-0.4, -0.2) is 19.3 Å². The van der Waals surface area contributed by atoms with Crippen molar-refractivity contribution < 1.29 is 4.39 Å². The summed E-state index contributed by atoms with van der Waals surface area (Å²) in [7, 11) is 0. The second-order valence-electron chi connectivity index (χ2n) is 4.66. The summed E-state index contributed by atoms with van der Waals surface area (Å²) in [5, 5.41) is 4.23. The molecular formula is C13H13BrFN5. The quantitative estimate of drug-likeness (QED) is 0.799. The number of anilines is 1. The lowest BCUT2D eigenvalue weighted by Gasteiger charge is -2.07. The fraction of sp³-hybridized carbons (Fsp3) is 0.231. The zero-order valence-corrected chi connectivity index (χ0v) is 12.4. The molecule has 0 fully saturated rings. The van der Waals surface area contributed by atoms with Crippen molar-refractivity contribution in [2.45, 2.75) is 20.0 Å². The van der Waals surface area contributed by atoms with Crippen LogP contribution in [0.2, 0.25) is 0 Å². The number of rotatable bonds is 3. The van der Waals surface area contributed by atoms with E-state index in [-0.39, 0.29) is 5.82 Å². The summed E-state index contributed by atoms with van der Waals surface area (Å²) >= 11 is 3.18. The van der Waals surface area contributed by atoms with Gasteiger partial charge in [0.15, 0.2) is 0 Å². The third-order valence-corrected chi connectivity index (χ3v) is 3.74. The van der Waals surface area contributed by atoms with Crippen LogP contribution in [0.5, 0.6) is 0 Å². The van der Waals surface area contributed by atoms with E-state index in [0.717, 1.165) is 11.1 Å². The molecule has 0 saturated carbocycles. The number of nitrogens with zero attached hydrogens (tertiary/aromatic N) is 4. The van der Waals surface area contributed by atoms with Crippen molar-refractivity contribution in [3.05, 3.63) is 40.4 Å². The van der Waals surface area contributed by atoms with Crippen LogP contribution < -0.4 is 5.73 Å². The van der Waals surface area contributed by atoms with Gasteiger partial charge >= 0.3 is 0 Å². The smallest absolute Gasteiger partial charge is 0.201 e. The first-order valence-electron chi connectivity index (χ1n) is 6.14. The monoisotopic (exact) mass is 337 g/mol. The Morgan fingerprint density at radius 3 is 2.85 bits per heavy atom. The van der Waals surface area contributed by atoms with Gasteiger partial charge in [-0.3, -0.25) is 4.68 Å². The first kappa shape index (κ1) is 13.1. The summed E-state index contributed by atoms with van der Waals surface area (Å²) < 4.78 is 17.6. The molecule has 20 heavy (non-hydrogen) atoms. The Kier molecular flexibility index (Phi) is 3.21. The molecule has 0 amide bonds. The number of imidazole rings is 1. The number of aryl methyl sites for hydroxylation is 3. The highest BCUT2D eigenvalue weighted by atomic mass is 79.9. The number of hydrogen-bond donors (Lipinski definition) is 1. The number of benzene rings is 1. The predicted molar refractivity (Wildman–Crippen MR) is 78.8 cm³/mol. The van der Waals surface area contributed by atoms with Crippen molar-refractivity contribution in [3.8, 4) is 0 Å². The molecule has 1 aromatic carbocycles. The summed E-state index contributed by atoms with van der Waals surface area (Å²) in [6.07, 6.45) is 3.77. The van der Waals surface area contributed by atoms with Gasteiger partial charge < -0.3 is 10.3 Å². The minimum atomic E-state index is -0.343. The summed E-state index contributed by atoms with van der Waals surface area (Å²) in [6.45, 7) is 3.30. The van der Waals surface area contributed by atoms with E-state index in [1.807, 2.05) is 22.4 Å². The second kappa shape index (κ2) is 4.90. The van der Waals surface area contributed by atoms with Crippen molar-refractivity contribution >= 4 is 32.9 Å². The SMILES string of the molecule is Cc1cnn(CCn2c(N)nc3cc(F)c(Br)cc32)c1. The molecule has 104 valence electrons. The normalized spacial score (nSPS) is 11.3. The van der Waals surface area contributed by atoms with Gasteiger partial charge in [0.1, 0.15) is 5.82 Å². The van der Waals surface area contributed by atoms with Crippen LogP contribution in [0.4, 0.5) is 10.3 Å². The van der Waals surface area contributed by atoms with Gasteiger partial charge in [-0.05, 0) is 34.5 Å². The van der Waals surface area contributed by atoms with Gasteiger partial charge in [-0.2, -0.15) is 5.10 Å². The fourth-order valence-corrected chi connectivity index (χ4v) is 2.50. The second-order valence-corrected chi connectivity index (χ2v) is 5.51. The van der Waals surface area contributed by atoms with Gasteiger partial charge in [-0.15, -0.1) is 0 Å². The van der Waals surface area contributed by atoms with Gasteiger partial charge in [0.2, 0.25) is 5.95 Å². The molecule has 5 nitrogen and oxygen atoms in total. The number of halogens is 2. The Bertz CT molecular complexity index is 777. The van der Waals surface area contributed by atoms with Crippen LogP contribution in [0, 0.1) is 12.7 Å². The van der Waals surface area contributed by atoms with Gasteiger partial charge in [-0.25, -0.2) is 9.37 Å². The molecule has 0 aliphatic carbocycles. The molecular weight excluding hydrogens is 325 g/mol. The summed E-state index contributed by atoms with van der Waals surface area (Å²) in [5.41, 5.74) is 8.38. The highest BCUT2D eigenvalue weighted by Gasteiger charge is 2.11. The minimum Gasteiger partial charge on any atom is -0.369 e. The maximum absolute atomic E-state index is 13.5. The summed E-state index contributed by atoms with van der Waals surface area (Å²) in [5.74, 6) is 0.0335. The van der Waals surface area contributed by atoms with E-state index in [1.165, 1.54) is 6.07 Å². The lowest BCUT2D eigenvalue weighted by Crippen LogP contribution is -2.10. The lowest BCUT2D eigenvalue weighted by molar-refractivity contribution is 0.544. The van der Waals surface area contributed by atoms with E-state index in [2.05, 4.69) is 26.0 Å². The van der Waals surface area contributed by atoms with Gasteiger partial charge in [0.25, 0.3) is 0 Å². The Morgan fingerprint density at radius 2 is 2.15 bits per heavy atom. The van der Waals surface area contributed by atoms with Crippen molar-refractivity contribution in [2.75, 3.05) is 5.73 Å². The first-order valence-corrected chi connectivity index (χ1v) is 6.93. The Balaban J connectivity index is 1.94. The van der Waals surface area contributed by atoms with Gasteiger partial charge in [-0.1, -0.05) is 0 Å². The maximum Gasteiger partial charge on any atom is 0.201 e. The third-order valence-electron chi connectivity index (χ3n) is 3.13. The van der Waals surface area contributed by atoms with E-state index < -0.39 is 0 Å². The Morgan fingerprint density at radius 1 is 1.35 bits per heavy atom. The molecule has 2 aromatic heterocycles. The standard InChI is InChI=1S/C13H13BrFN5/c1-8-6-17-19(7-8)2-3-20-12-4-9(14)10(15)5-11(12)18-13(20)16/h4-7H,2-3H2,1H3,(H2,16,18). The molecule has 3 rings (SSSR count). The van der Waals surface area contributed by atoms with Crippen LogP contribution in [0.25, 0.3) is 11.0 Å². The third kappa shape index (κ3) is 2.29. The van der Waals surface area contributed by atoms with Crippen LogP contribution in [-0.2, 0) is 13.1 Å². The van der Waals surface area contributed by atoms with E-state index in [4.69, 9.17) is 5.73 Å². The molecule has 0 radical (unpaired) electrons. The average Bonchev–Trinajstić information content (AvgIpc) is 2.92. The Labute approximate surface area is 123 Å². The molecule has 0 aliphatic rings. The highest BCUT2D eigenvalue weighted by molar-refractivity contribution is 9.10. The number of nitrogen functional groups attached to an aromatic ring is 1. The van der Waals surface area contributed by atoms with Crippen LogP contribution >= 0.6 is 15.9 Å². The molecule has 3 aromatic rings. The largest absolute Gasteiger partial charge is 0.369 e. The minimum absolute atomic E-state index is 0.343. The van der Waals surface area contributed by atoms with E-state index in [0.29, 0.717) is 29.0 Å². The van der Waals surface area contributed by atoms with Gasteiger partial charge in [0.05, 0.1) is 28.2 Å². The zero-order chi connectivity index (χ0) is 14.3. The van der Waals surface area contributed by atoms with Crippen molar-refractivity contribution in [3.63, 3.8) is 0 Å². The number of fused-ring (bicyclic) bond motifs is 1. The first-order chi connectivity index (χ1) is 9.54. The summed E-state index contributed by atoms with van der Waals surface area (Å²) in [4.78, 5) is 4.18. The molecule has 7 heteroatoms. The zero-order valence-electron chi connectivity index (χ0n) is 10.8. The van der Waals surface area contributed by atoms with E-state index >= 15 is 0 Å². The van der Waals surface area contributed by atoms with Crippen molar-refractivity contribution in [1.82, 2.24) is 19.3 Å². The summed E-state index contributed by atoms with van der Waals surface area (Å²) in [6, 6.07) is 3.08. The lowest BCUT2D eigenvalue weighted by atomic mass is 10.3. The molecule has 0 spiro atoms. The predicted octanol–water partition coefficient (Wildman–Crippen LogP) is 2.73. The highest BCUT2D eigenvalue weighted by Crippen LogP contribution is 2.25. The van der Waals surface area contributed by atoms with Crippen molar-refractivity contribution in [2.24, 2.45) is 0 Å². The fourth-order valence-electron chi connectivity index (χ4n) is 2.17. The van der Waals surface area contributed by atoms with E-state index in [1.54, 1.807) is 12.3 Å². The molecule has 0 unspecified atom stereocenters. The van der Waals surface area contributed by atoms with Gasteiger partial charge in [0, 0.05) is 18.8 Å². The van der Waals surface area contributed by atoms with E-state index in [9.17, 15) is 4.39 Å². The average molecular weight is 338 g/mol. The molecule has 0 saturated heterocycles. The number of aromatic nitrogens is 4. The van der Waals surface area contributed by atoms with Crippen LogP contribution in [0.3, 0.4) is 0 Å². The molecule has 0 aliphatic heterocycles. The van der Waals surface area contributed by atoms with Crippen molar-refractivity contribution in [1.29, 1.82) is 0 Å². The molecule has 0 bridgehead atoms. The maximum atomic E-state index is 13.5. The molecule has 2 heterocycles. The van der Waals surface area contributed by atoms with Crippen LogP contribution in [0.15, 0.2) is 29.0 Å². The molecule has 2 N–H and O–H groups in total. The topological polar surface area (TPSA) is 61.7 Å². The molecule has 0 atom stereocenters. The van der Waals surface area contributed by atoms with Crippen LogP contribution in [0.1, 0.15) is 5.56 Å². The Hall–Kier alpha value is -1.89. The number of hydrogen-bond acceptors (Lipinski definition) is 3.